The Morgan fingerprint density at radius 2 is 2.17 bits per heavy atom. The molecule has 2 amide bonds. The summed E-state index contributed by atoms with van der Waals surface area (Å²) >= 11 is 4.20. The molecule has 0 bridgehead atoms. The van der Waals surface area contributed by atoms with Gasteiger partial charge < -0.3 is 16.2 Å². The fraction of sp³-hybridized carbons (Fsp3) is 0.278. The van der Waals surface area contributed by atoms with E-state index in [-0.39, 0.29) is 18.0 Å². The normalized spacial score (nSPS) is 20.5. The number of carbonyl (C=O) groups excluding carboxylic acids is 2. The van der Waals surface area contributed by atoms with Crippen molar-refractivity contribution in [2.75, 3.05) is 17.2 Å². The van der Waals surface area contributed by atoms with Gasteiger partial charge in [-0.05, 0) is 17.2 Å². The lowest BCUT2D eigenvalue weighted by molar-refractivity contribution is -0.150. The third-order valence-corrected chi connectivity index (χ3v) is 7.97. The van der Waals surface area contributed by atoms with Gasteiger partial charge in [0.2, 0.25) is 5.91 Å². The van der Waals surface area contributed by atoms with Crippen LogP contribution in [0, 0.1) is 0 Å². The van der Waals surface area contributed by atoms with Crippen LogP contribution in [-0.4, -0.2) is 60.9 Å². The molecule has 1 unspecified atom stereocenters. The topological polar surface area (TPSA) is 139 Å². The van der Waals surface area contributed by atoms with Crippen LogP contribution < -0.4 is 11.1 Å². The number of hydrogen-bond acceptors (Lipinski definition) is 9. The van der Waals surface area contributed by atoms with Gasteiger partial charge in [-0.1, -0.05) is 41.3 Å². The Balaban J connectivity index is 1.44. The number of thioether (sulfide) groups is 2. The Kier molecular flexibility index (Phi) is 5.97. The summed E-state index contributed by atoms with van der Waals surface area (Å²) in [5.74, 6) is -1.03. The zero-order chi connectivity index (χ0) is 21.3. The van der Waals surface area contributed by atoms with E-state index in [1.807, 2.05) is 0 Å². The summed E-state index contributed by atoms with van der Waals surface area (Å²) < 4.78 is 0.736. The smallest absolute Gasteiger partial charge is 0.352 e. The van der Waals surface area contributed by atoms with Crippen molar-refractivity contribution in [1.29, 1.82) is 0 Å². The fourth-order valence-electron chi connectivity index (χ4n) is 3.26. The lowest BCUT2D eigenvalue weighted by Gasteiger charge is -2.49. The first kappa shape index (κ1) is 20.7. The maximum atomic E-state index is 12.7. The summed E-state index contributed by atoms with van der Waals surface area (Å²) in [6, 6.07) is 6.29. The predicted molar refractivity (Wildman–Crippen MR) is 115 cm³/mol. The van der Waals surface area contributed by atoms with E-state index in [2.05, 4.69) is 15.5 Å². The lowest BCUT2D eigenvalue weighted by atomic mass is 10.0. The molecule has 2 atom stereocenters. The van der Waals surface area contributed by atoms with Crippen molar-refractivity contribution < 1.29 is 19.5 Å². The molecule has 0 spiro atoms. The molecule has 1 aromatic heterocycles. The van der Waals surface area contributed by atoms with Gasteiger partial charge in [0, 0.05) is 17.2 Å². The zero-order valence-electron chi connectivity index (χ0n) is 15.5. The summed E-state index contributed by atoms with van der Waals surface area (Å²) in [7, 11) is 0. The molecule has 0 saturated carbocycles. The van der Waals surface area contributed by atoms with Crippen LogP contribution in [0.15, 0.2) is 45.4 Å². The highest BCUT2D eigenvalue weighted by Gasteiger charge is 2.54. The van der Waals surface area contributed by atoms with Crippen molar-refractivity contribution in [3.05, 3.63) is 46.6 Å². The largest absolute Gasteiger partial charge is 0.477 e. The van der Waals surface area contributed by atoms with E-state index in [9.17, 15) is 19.5 Å². The molecule has 1 aromatic carbocycles. The number of aromatic nitrogens is 2. The number of anilines is 1. The van der Waals surface area contributed by atoms with Crippen molar-refractivity contribution in [2.45, 2.75) is 22.2 Å². The quantitative estimate of drug-likeness (QED) is 0.314. The van der Waals surface area contributed by atoms with Gasteiger partial charge in [0.25, 0.3) is 5.91 Å². The molecule has 2 aliphatic rings. The van der Waals surface area contributed by atoms with Gasteiger partial charge in [-0.25, -0.2) is 4.79 Å². The van der Waals surface area contributed by atoms with Gasteiger partial charge in [-0.15, -0.1) is 22.0 Å². The first-order chi connectivity index (χ1) is 14.5. The molecule has 2 aromatic rings. The summed E-state index contributed by atoms with van der Waals surface area (Å²) in [5.41, 5.74) is 9.31. The molecule has 1 fully saturated rings. The molecule has 4 N–H and O–H groups in total. The van der Waals surface area contributed by atoms with Crippen LogP contribution in [-0.2, 0) is 20.8 Å². The van der Waals surface area contributed by atoms with Crippen LogP contribution in [0.1, 0.15) is 5.56 Å². The van der Waals surface area contributed by atoms with Crippen molar-refractivity contribution in [3.8, 4) is 0 Å². The number of rotatable bonds is 7. The number of nitrogens with two attached hydrogens (primary N) is 1. The van der Waals surface area contributed by atoms with Crippen LogP contribution in [0.4, 0.5) is 5.69 Å². The number of para-hydroxylation sites is 1. The van der Waals surface area contributed by atoms with Crippen molar-refractivity contribution in [3.63, 3.8) is 0 Å². The Bertz CT molecular complexity index is 1030. The number of fused-ring (bicyclic) bond motifs is 1. The van der Waals surface area contributed by atoms with Gasteiger partial charge in [0.1, 0.15) is 22.6 Å². The molecule has 2 aliphatic heterocycles. The molecule has 3 heterocycles. The van der Waals surface area contributed by atoms with Crippen molar-refractivity contribution >= 4 is 58.3 Å². The zero-order valence-corrected chi connectivity index (χ0v) is 17.9. The SMILES string of the molecule is Nc1ccccc1CC(=O)NC1C(=O)N2C(C(=O)O)=C(CSc3nncs3)CS[C@H]12. The second kappa shape index (κ2) is 8.66. The number of carboxylic acids is 1. The third-order valence-electron chi connectivity index (χ3n) is 4.68. The highest BCUT2D eigenvalue weighted by molar-refractivity contribution is 8.01. The molecule has 12 heteroatoms. The molecule has 9 nitrogen and oxygen atoms in total. The Morgan fingerprint density at radius 3 is 2.87 bits per heavy atom. The fourth-order valence-corrected chi connectivity index (χ4v) is 6.24. The number of nitrogens with one attached hydrogen (secondary N) is 1. The van der Waals surface area contributed by atoms with E-state index in [1.54, 1.807) is 29.8 Å². The van der Waals surface area contributed by atoms with E-state index in [1.165, 1.54) is 39.8 Å². The number of hydrogen-bond donors (Lipinski definition) is 3. The number of nitrogens with zero attached hydrogens (tertiary/aromatic N) is 3. The first-order valence-electron chi connectivity index (χ1n) is 8.87. The summed E-state index contributed by atoms with van der Waals surface area (Å²) in [4.78, 5) is 38.2. The van der Waals surface area contributed by atoms with Gasteiger partial charge in [-0.2, -0.15) is 0 Å². The molecule has 156 valence electrons. The Hall–Kier alpha value is -2.57. The number of amides is 2. The molecule has 1 saturated heterocycles. The molecular weight excluding hydrogens is 446 g/mol. The van der Waals surface area contributed by atoms with Gasteiger partial charge in [0.15, 0.2) is 4.34 Å². The van der Waals surface area contributed by atoms with E-state index in [4.69, 9.17) is 5.73 Å². The highest BCUT2D eigenvalue weighted by atomic mass is 32.2. The van der Waals surface area contributed by atoms with Gasteiger partial charge in [0.05, 0.1) is 6.42 Å². The van der Waals surface area contributed by atoms with E-state index in [0.717, 1.165) is 4.34 Å². The van der Waals surface area contributed by atoms with E-state index < -0.39 is 23.3 Å². The minimum atomic E-state index is -1.15. The predicted octanol–water partition coefficient (Wildman–Crippen LogP) is 1.19. The van der Waals surface area contributed by atoms with Gasteiger partial charge >= 0.3 is 5.97 Å². The van der Waals surface area contributed by atoms with E-state index in [0.29, 0.717) is 28.3 Å². The molecule has 0 aliphatic carbocycles. The van der Waals surface area contributed by atoms with Crippen LogP contribution in [0.2, 0.25) is 0 Å². The Morgan fingerprint density at radius 1 is 1.37 bits per heavy atom. The molecular formula is C18H17N5O4S3. The van der Waals surface area contributed by atoms with Crippen LogP contribution in [0.3, 0.4) is 0 Å². The minimum absolute atomic E-state index is 0.00133. The summed E-state index contributed by atoms with van der Waals surface area (Å²) in [6.45, 7) is 0. The number of aliphatic carboxylic acids is 1. The first-order valence-corrected chi connectivity index (χ1v) is 11.8. The third kappa shape index (κ3) is 4.02. The Labute approximate surface area is 184 Å². The monoisotopic (exact) mass is 463 g/mol. The summed E-state index contributed by atoms with van der Waals surface area (Å²) in [6.07, 6.45) is 0.0548. The average Bonchev–Trinajstić information content (AvgIpc) is 3.25. The lowest BCUT2D eigenvalue weighted by Crippen LogP contribution is -2.70. The maximum absolute atomic E-state index is 12.7. The standard InChI is InChI=1S/C18H17N5O4S3/c19-11-4-2-1-3-9(11)5-12(24)21-13-15(25)23-14(17(26)27)10(6-28-16(13)23)7-29-18-22-20-8-30-18/h1-4,8,13,16H,5-7,19H2,(H,21,24)(H,26,27)/t13?,16-/m1/s1. The maximum Gasteiger partial charge on any atom is 0.352 e. The second-order valence-electron chi connectivity index (χ2n) is 6.58. The van der Waals surface area contributed by atoms with Crippen molar-refractivity contribution in [2.24, 2.45) is 0 Å². The molecule has 4 rings (SSSR count). The number of β-lactam (4-membered cyclic amide) rings is 1. The second-order valence-corrected chi connectivity index (χ2v) is 9.74. The van der Waals surface area contributed by atoms with Crippen LogP contribution in [0.25, 0.3) is 0 Å². The van der Waals surface area contributed by atoms with E-state index >= 15 is 0 Å². The number of nitrogen functional groups attached to an aromatic ring is 1. The van der Waals surface area contributed by atoms with Gasteiger partial charge in [-0.3, -0.25) is 14.5 Å². The van der Waals surface area contributed by atoms with Crippen LogP contribution >= 0.6 is 34.9 Å². The molecule has 0 radical (unpaired) electrons. The summed E-state index contributed by atoms with van der Waals surface area (Å²) in [5, 5.41) is 19.7. The number of carboxylic acid groups (broad SMARTS) is 1. The highest BCUT2D eigenvalue weighted by Crippen LogP contribution is 2.41. The molecule has 30 heavy (non-hydrogen) atoms. The minimum Gasteiger partial charge on any atom is -0.477 e. The van der Waals surface area contributed by atoms with Crippen LogP contribution in [0.5, 0.6) is 0 Å². The number of benzene rings is 1. The number of carbonyl (C=O) groups is 3. The average molecular weight is 464 g/mol. The van der Waals surface area contributed by atoms with Crippen molar-refractivity contribution in [1.82, 2.24) is 20.4 Å².